The van der Waals surface area contributed by atoms with E-state index in [-0.39, 0.29) is 37.3 Å². The molecule has 0 N–H and O–H groups in total. The number of rotatable bonds is 4. The minimum Gasteiger partial charge on any atom is -0.478 e. The number of nitrogens with zero attached hydrogens (tertiary/aromatic N) is 4. The van der Waals surface area contributed by atoms with Gasteiger partial charge >= 0.3 is 12.4 Å². The maximum Gasteiger partial charge on any atom is 0.435 e. The summed E-state index contributed by atoms with van der Waals surface area (Å²) in [6.45, 7) is 0.389. The molecular formula is C18H16F6N4O. The molecule has 0 amide bonds. The molecule has 0 aromatic carbocycles. The van der Waals surface area contributed by atoms with Crippen LogP contribution in [0.5, 0.6) is 5.88 Å². The lowest BCUT2D eigenvalue weighted by atomic mass is 10.1. The highest BCUT2D eigenvalue weighted by Crippen LogP contribution is 2.38. The Hall–Kier alpha value is -2.72. The summed E-state index contributed by atoms with van der Waals surface area (Å²) in [6, 6.07) is 1.03. The maximum atomic E-state index is 13.2. The van der Waals surface area contributed by atoms with Crippen molar-refractivity contribution in [2.45, 2.75) is 44.6 Å². The average Bonchev–Trinajstić information content (AvgIpc) is 3.25. The Bertz CT molecular complexity index is 1030. The van der Waals surface area contributed by atoms with Gasteiger partial charge in [0.2, 0.25) is 5.88 Å². The summed E-state index contributed by atoms with van der Waals surface area (Å²) >= 11 is 0. The number of fused-ring (bicyclic) bond motifs is 2. The SMILES string of the molecule is FC(F)(F)c1cc(CCCn2nc(C(F)(F)F)c3c2OCCC3)c2nccn2c1. The molecule has 5 nitrogen and oxygen atoms in total. The number of halogens is 6. The highest BCUT2D eigenvalue weighted by atomic mass is 19.4. The molecule has 1 aliphatic rings. The van der Waals surface area contributed by atoms with E-state index in [0.717, 1.165) is 16.9 Å². The van der Waals surface area contributed by atoms with Crippen LogP contribution in [0.15, 0.2) is 24.7 Å². The summed E-state index contributed by atoms with van der Waals surface area (Å²) in [5.41, 5.74) is -0.979. The van der Waals surface area contributed by atoms with E-state index < -0.39 is 23.6 Å². The van der Waals surface area contributed by atoms with E-state index in [2.05, 4.69) is 10.1 Å². The predicted octanol–water partition coefficient (Wildman–Crippen LogP) is 4.53. The van der Waals surface area contributed by atoms with E-state index in [1.54, 1.807) is 0 Å². The van der Waals surface area contributed by atoms with Gasteiger partial charge in [-0.05, 0) is 37.3 Å². The smallest absolute Gasteiger partial charge is 0.435 e. The molecule has 4 rings (SSSR count). The van der Waals surface area contributed by atoms with Crippen molar-refractivity contribution in [1.29, 1.82) is 0 Å². The molecule has 0 bridgehead atoms. The zero-order valence-corrected chi connectivity index (χ0v) is 15.0. The van der Waals surface area contributed by atoms with Crippen LogP contribution >= 0.6 is 0 Å². The number of alkyl halides is 6. The standard InChI is InChI=1S/C18H16F6N4O/c19-17(20,21)12-9-11(15-25-5-7-27(15)10-12)3-1-6-28-16-13(4-2-8-29-16)14(26-28)18(22,23)24/h5,7,9-10H,1-4,6,8H2. The normalized spacial score (nSPS) is 14.8. The fourth-order valence-electron chi connectivity index (χ4n) is 3.53. The van der Waals surface area contributed by atoms with Crippen LogP contribution in [-0.2, 0) is 31.7 Å². The first-order valence-electron chi connectivity index (χ1n) is 8.97. The van der Waals surface area contributed by atoms with Crippen molar-refractivity contribution in [3.63, 3.8) is 0 Å². The molecule has 0 spiro atoms. The first kappa shape index (κ1) is 19.6. The first-order chi connectivity index (χ1) is 13.6. The van der Waals surface area contributed by atoms with Gasteiger partial charge in [-0.25, -0.2) is 9.67 Å². The van der Waals surface area contributed by atoms with E-state index >= 15 is 0 Å². The second-order valence-corrected chi connectivity index (χ2v) is 6.82. The predicted molar refractivity (Wildman–Crippen MR) is 89.6 cm³/mol. The van der Waals surface area contributed by atoms with Gasteiger partial charge in [0.15, 0.2) is 5.69 Å². The third-order valence-electron chi connectivity index (χ3n) is 4.78. The van der Waals surface area contributed by atoms with Crippen LogP contribution in [0.3, 0.4) is 0 Å². The molecule has 4 heterocycles. The lowest BCUT2D eigenvalue weighted by Crippen LogP contribution is -2.13. The Labute approximate surface area is 160 Å². The van der Waals surface area contributed by atoms with E-state index in [9.17, 15) is 26.3 Å². The van der Waals surface area contributed by atoms with Crippen LogP contribution in [0.1, 0.15) is 35.2 Å². The Balaban J connectivity index is 1.57. The van der Waals surface area contributed by atoms with Crippen LogP contribution in [0.25, 0.3) is 5.65 Å². The molecule has 0 fully saturated rings. The quantitative estimate of drug-likeness (QED) is 0.585. The lowest BCUT2D eigenvalue weighted by Gasteiger charge is -2.16. The molecule has 0 saturated carbocycles. The number of aromatic nitrogens is 4. The summed E-state index contributed by atoms with van der Waals surface area (Å²) in [7, 11) is 0. The fourth-order valence-corrected chi connectivity index (χ4v) is 3.53. The van der Waals surface area contributed by atoms with Crippen molar-refractivity contribution in [1.82, 2.24) is 19.2 Å². The second-order valence-electron chi connectivity index (χ2n) is 6.82. The largest absolute Gasteiger partial charge is 0.478 e. The van der Waals surface area contributed by atoms with Crippen molar-refractivity contribution < 1.29 is 31.1 Å². The minimum atomic E-state index is -4.58. The third kappa shape index (κ3) is 3.77. The average molecular weight is 418 g/mol. The zero-order valence-electron chi connectivity index (χ0n) is 15.0. The van der Waals surface area contributed by atoms with E-state index in [4.69, 9.17) is 4.74 Å². The van der Waals surface area contributed by atoms with Crippen LogP contribution in [0.2, 0.25) is 0 Å². The van der Waals surface area contributed by atoms with E-state index in [1.807, 2.05) is 0 Å². The van der Waals surface area contributed by atoms with Crippen LogP contribution in [0, 0.1) is 0 Å². The monoisotopic (exact) mass is 418 g/mol. The van der Waals surface area contributed by atoms with Crippen molar-refractivity contribution >= 4 is 5.65 Å². The van der Waals surface area contributed by atoms with Crippen molar-refractivity contribution in [2.75, 3.05) is 6.61 Å². The van der Waals surface area contributed by atoms with E-state index in [0.29, 0.717) is 24.2 Å². The summed E-state index contributed by atoms with van der Waals surface area (Å²) in [5, 5.41) is 3.67. The van der Waals surface area contributed by atoms with Gasteiger partial charge in [0.1, 0.15) is 5.65 Å². The van der Waals surface area contributed by atoms with E-state index in [1.165, 1.54) is 16.8 Å². The molecule has 0 saturated heterocycles. The summed E-state index contributed by atoms with van der Waals surface area (Å²) in [6.07, 6.45) is -4.15. The van der Waals surface area contributed by atoms with Gasteiger partial charge in [0, 0.05) is 30.7 Å². The molecular weight excluding hydrogens is 402 g/mol. The van der Waals surface area contributed by atoms with Gasteiger partial charge in [0.25, 0.3) is 0 Å². The van der Waals surface area contributed by atoms with Crippen LogP contribution in [0.4, 0.5) is 26.3 Å². The number of hydrogen-bond acceptors (Lipinski definition) is 3. The number of ether oxygens (including phenoxy) is 1. The van der Waals surface area contributed by atoms with Gasteiger partial charge in [-0.2, -0.15) is 31.4 Å². The lowest BCUT2D eigenvalue weighted by molar-refractivity contribution is -0.142. The molecule has 0 radical (unpaired) electrons. The molecule has 29 heavy (non-hydrogen) atoms. The molecule has 1 aliphatic heterocycles. The molecule has 3 aromatic heterocycles. The van der Waals surface area contributed by atoms with Gasteiger partial charge in [-0.15, -0.1) is 0 Å². The minimum absolute atomic E-state index is 0.0402. The molecule has 3 aromatic rings. The van der Waals surface area contributed by atoms with Crippen molar-refractivity contribution in [2.24, 2.45) is 0 Å². The van der Waals surface area contributed by atoms with Crippen LogP contribution in [-0.4, -0.2) is 25.8 Å². The Kier molecular flexibility index (Phi) is 4.70. The highest BCUT2D eigenvalue weighted by Gasteiger charge is 2.40. The van der Waals surface area contributed by atoms with Crippen LogP contribution < -0.4 is 4.74 Å². The summed E-state index contributed by atoms with van der Waals surface area (Å²) in [5.74, 6) is 0.0959. The third-order valence-corrected chi connectivity index (χ3v) is 4.78. The summed E-state index contributed by atoms with van der Waals surface area (Å²) < 4.78 is 86.9. The fraction of sp³-hybridized carbons (Fsp3) is 0.444. The topological polar surface area (TPSA) is 44.3 Å². The molecule has 0 unspecified atom stereocenters. The number of hydrogen-bond donors (Lipinski definition) is 0. The van der Waals surface area contributed by atoms with Gasteiger partial charge < -0.3 is 9.14 Å². The molecule has 0 aliphatic carbocycles. The van der Waals surface area contributed by atoms with Gasteiger partial charge in [0.05, 0.1) is 12.2 Å². The van der Waals surface area contributed by atoms with Gasteiger partial charge in [-0.3, -0.25) is 0 Å². The highest BCUT2D eigenvalue weighted by molar-refractivity contribution is 5.50. The Morgan fingerprint density at radius 2 is 1.90 bits per heavy atom. The van der Waals surface area contributed by atoms with Crippen molar-refractivity contribution in [3.8, 4) is 5.88 Å². The Morgan fingerprint density at radius 1 is 1.10 bits per heavy atom. The number of pyridine rings is 1. The second kappa shape index (κ2) is 6.96. The molecule has 0 atom stereocenters. The van der Waals surface area contributed by atoms with Crippen molar-refractivity contribution in [3.05, 3.63) is 47.0 Å². The number of imidazole rings is 1. The maximum absolute atomic E-state index is 13.2. The summed E-state index contributed by atoms with van der Waals surface area (Å²) in [4.78, 5) is 4.07. The molecule has 11 heteroatoms. The Morgan fingerprint density at radius 3 is 2.62 bits per heavy atom. The zero-order chi connectivity index (χ0) is 20.8. The van der Waals surface area contributed by atoms with Gasteiger partial charge in [-0.1, -0.05) is 0 Å². The number of aryl methyl sites for hydroxylation is 2. The molecule has 156 valence electrons. The first-order valence-corrected chi connectivity index (χ1v) is 8.97.